The molecule has 0 amide bonds. The van der Waals surface area contributed by atoms with Crippen molar-refractivity contribution < 1.29 is 0 Å². The Kier molecular flexibility index (Phi) is 2.96. The molecule has 0 fully saturated rings. The van der Waals surface area contributed by atoms with Gasteiger partial charge in [-0.05, 0) is 18.9 Å². The average Bonchev–Trinajstić information content (AvgIpc) is 2.76. The van der Waals surface area contributed by atoms with Crippen LogP contribution in [-0.4, -0.2) is 25.7 Å². The molecule has 0 bridgehead atoms. The van der Waals surface area contributed by atoms with Gasteiger partial charge in [0.1, 0.15) is 5.82 Å². The molecule has 0 atom stereocenters. The fraction of sp³-hybridized carbons (Fsp3) is 0.444. The molecule has 0 saturated carbocycles. The Balaban J connectivity index is 1.80. The maximum absolute atomic E-state index is 4.22. The van der Waals surface area contributed by atoms with Gasteiger partial charge in [0.2, 0.25) is 5.13 Å². The number of hydrogen-bond donors (Lipinski definition) is 1. The molecule has 0 radical (unpaired) electrons. The van der Waals surface area contributed by atoms with Crippen molar-refractivity contribution in [1.82, 2.24) is 19.1 Å². The Morgan fingerprint density at radius 1 is 1.53 bits per heavy atom. The number of nitrogens with one attached hydrogen (secondary N) is 1. The summed E-state index contributed by atoms with van der Waals surface area (Å²) in [7, 11) is 1.92. The van der Waals surface area contributed by atoms with Gasteiger partial charge in [-0.2, -0.15) is 9.47 Å². The van der Waals surface area contributed by atoms with Crippen molar-refractivity contribution in [3.63, 3.8) is 0 Å². The van der Waals surface area contributed by atoms with E-state index in [4.69, 9.17) is 0 Å². The van der Waals surface area contributed by atoms with E-state index in [1.54, 1.807) is 0 Å². The third-order valence-corrected chi connectivity index (χ3v) is 2.74. The Morgan fingerprint density at radius 2 is 2.40 bits per heavy atom. The van der Waals surface area contributed by atoms with Gasteiger partial charge in [0.05, 0.1) is 6.20 Å². The fourth-order valence-corrected chi connectivity index (χ4v) is 1.88. The molecule has 0 aliphatic carbocycles. The monoisotopic (exact) mass is 223 g/mol. The third kappa shape index (κ3) is 2.76. The van der Waals surface area contributed by atoms with E-state index in [0.717, 1.165) is 23.9 Å². The maximum atomic E-state index is 4.22. The number of hydrogen-bond acceptors (Lipinski definition) is 5. The smallest absolute Gasteiger partial charge is 0.202 e. The minimum absolute atomic E-state index is 0.823. The van der Waals surface area contributed by atoms with E-state index in [2.05, 4.69) is 19.8 Å². The normalized spacial score (nSPS) is 10.5. The summed E-state index contributed by atoms with van der Waals surface area (Å²) in [5.74, 6) is 0.823. The van der Waals surface area contributed by atoms with Crippen LogP contribution >= 0.6 is 11.5 Å². The molecule has 0 aromatic carbocycles. The van der Waals surface area contributed by atoms with Gasteiger partial charge in [-0.1, -0.05) is 0 Å². The van der Waals surface area contributed by atoms with Crippen LogP contribution in [0.5, 0.6) is 0 Å². The molecule has 0 aliphatic rings. The molecule has 5 nitrogen and oxygen atoms in total. The zero-order chi connectivity index (χ0) is 10.7. The van der Waals surface area contributed by atoms with Crippen molar-refractivity contribution in [3.05, 3.63) is 23.8 Å². The number of aryl methyl sites for hydroxylation is 2. The highest BCUT2D eigenvalue weighted by Crippen LogP contribution is 2.09. The summed E-state index contributed by atoms with van der Waals surface area (Å²) < 4.78 is 5.91. The molecule has 2 rings (SSSR count). The van der Waals surface area contributed by atoms with E-state index >= 15 is 0 Å². The van der Waals surface area contributed by atoms with Gasteiger partial charge in [0.25, 0.3) is 0 Å². The first-order chi connectivity index (χ1) is 7.24. The predicted octanol–water partition coefficient (Wildman–Crippen LogP) is 1.23. The third-order valence-electron chi connectivity index (χ3n) is 1.98. The zero-order valence-corrected chi connectivity index (χ0v) is 9.58. The first kappa shape index (κ1) is 10.1. The van der Waals surface area contributed by atoms with Crippen molar-refractivity contribution in [2.45, 2.75) is 13.3 Å². The van der Waals surface area contributed by atoms with Crippen molar-refractivity contribution in [3.8, 4) is 0 Å². The molecule has 0 spiro atoms. The molecule has 2 aromatic rings. The van der Waals surface area contributed by atoms with Crippen LogP contribution in [0.3, 0.4) is 0 Å². The summed E-state index contributed by atoms with van der Waals surface area (Å²) in [5.41, 5.74) is 1.23. The largest absolute Gasteiger partial charge is 0.360 e. The Bertz CT molecular complexity index is 393. The van der Waals surface area contributed by atoms with Crippen LogP contribution in [0, 0.1) is 6.92 Å². The van der Waals surface area contributed by atoms with Crippen LogP contribution in [0.1, 0.15) is 11.4 Å². The van der Waals surface area contributed by atoms with Gasteiger partial charge < -0.3 is 5.32 Å². The molecule has 6 heteroatoms. The van der Waals surface area contributed by atoms with Gasteiger partial charge in [0.15, 0.2) is 0 Å². The van der Waals surface area contributed by atoms with E-state index in [1.807, 2.05) is 31.0 Å². The lowest BCUT2D eigenvalue weighted by Crippen LogP contribution is -2.03. The van der Waals surface area contributed by atoms with E-state index in [-0.39, 0.29) is 0 Å². The van der Waals surface area contributed by atoms with Gasteiger partial charge >= 0.3 is 0 Å². The highest BCUT2D eigenvalue weighted by atomic mass is 32.1. The van der Waals surface area contributed by atoms with Crippen molar-refractivity contribution in [2.24, 2.45) is 7.05 Å². The molecule has 1 N–H and O–H groups in total. The molecule has 0 aliphatic heterocycles. The van der Waals surface area contributed by atoms with E-state index in [9.17, 15) is 0 Å². The molecular formula is C9H13N5S. The van der Waals surface area contributed by atoms with Gasteiger partial charge in [-0.3, -0.25) is 4.68 Å². The van der Waals surface area contributed by atoms with E-state index in [0.29, 0.717) is 0 Å². The molecule has 80 valence electrons. The van der Waals surface area contributed by atoms with Crippen LogP contribution in [0.2, 0.25) is 0 Å². The van der Waals surface area contributed by atoms with Crippen LogP contribution < -0.4 is 5.32 Å². The average molecular weight is 223 g/mol. The number of nitrogens with zero attached hydrogens (tertiary/aromatic N) is 4. The van der Waals surface area contributed by atoms with Crippen LogP contribution in [0.15, 0.2) is 12.4 Å². The van der Waals surface area contributed by atoms with Crippen molar-refractivity contribution >= 4 is 16.7 Å². The predicted molar refractivity (Wildman–Crippen MR) is 60.0 cm³/mol. The molecular weight excluding hydrogens is 210 g/mol. The van der Waals surface area contributed by atoms with E-state index < -0.39 is 0 Å². The Labute approximate surface area is 92.3 Å². The highest BCUT2D eigenvalue weighted by Gasteiger charge is 1.99. The summed E-state index contributed by atoms with van der Waals surface area (Å²) in [4.78, 5) is 4.22. The molecule has 2 aromatic heterocycles. The maximum Gasteiger partial charge on any atom is 0.202 e. The standard InChI is InChI=1S/C9H13N5S/c1-7-12-9(15-13-7)10-4-3-8-5-11-14(2)6-8/h5-6H,3-4H2,1-2H3,(H,10,12,13). The summed E-state index contributed by atoms with van der Waals surface area (Å²) in [6.45, 7) is 2.75. The lowest BCUT2D eigenvalue weighted by atomic mass is 10.2. The second-order valence-corrected chi connectivity index (χ2v) is 4.10. The lowest BCUT2D eigenvalue weighted by molar-refractivity contribution is 0.767. The highest BCUT2D eigenvalue weighted by molar-refractivity contribution is 7.09. The molecule has 15 heavy (non-hydrogen) atoms. The zero-order valence-electron chi connectivity index (χ0n) is 8.77. The topological polar surface area (TPSA) is 55.6 Å². The van der Waals surface area contributed by atoms with Gasteiger partial charge in [-0.25, -0.2) is 4.98 Å². The first-order valence-electron chi connectivity index (χ1n) is 4.76. The fourth-order valence-electron chi connectivity index (χ4n) is 1.28. The minimum atomic E-state index is 0.823. The number of aromatic nitrogens is 4. The first-order valence-corrected chi connectivity index (χ1v) is 5.53. The second kappa shape index (κ2) is 4.39. The summed E-state index contributed by atoms with van der Waals surface area (Å²) in [6.07, 6.45) is 4.85. The summed E-state index contributed by atoms with van der Waals surface area (Å²) in [5, 5.41) is 8.23. The second-order valence-electron chi connectivity index (χ2n) is 3.35. The van der Waals surface area contributed by atoms with Crippen LogP contribution in [0.25, 0.3) is 0 Å². The molecule has 2 heterocycles. The SMILES string of the molecule is Cc1nsc(NCCc2cnn(C)c2)n1. The van der Waals surface area contributed by atoms with E-state index in [1.165, 1.54) is 17.1 Å². The Hall–Kier alpha value is -1.43. The molecule has 0 unspecified atom stereocenters. The quantitative estimate of drug-likeness (QED) is 0.847. The van der Waals surface area contributed by atoms with Crippen molar-refractivity contribution in [2.75, 3.05) is 11.9 Å². The number of rotatable bonds is 4. The summed E-state index contributed by atoms with van der Waals surface area (Å²) in [6, 6.07) is 0. The van der Waals surface area contributed by atoms with Crippen molar-refractivity contribution in [1.29, 1.82) is 0 Å². The molecule has 0 saturated heterocycles. The lowest BCUT2D eigenvalue weighted by Gasteiger charge is -1.98. The van der Waals surface area contributed by atoms with Gasteiger partial charge in [-0.15, -0.1) is 0 Å². The Morgan fingerprint density at radius 3 is 3.00 bits per heavy atom. The minimum Gasteiger partial charge on any atom is -0.360 e. The summed E-state index contributed by atoms with van der Waals surface area (Å²) >= 11 is 1.40. The van der Waals surface area contributed by atoms with Crippen LogP contribution in [-0.2, 0) is 13.5 Å². The van der Waals surface area contributed by atoms with Gasteiger partial charge in [0, 0.05) is 31.3 Å². The number of anilines is 1. The van der Waals surface area contributed by atoms with Crippen LogP contribution in [0.4, 0.5) is 5.13 Å².